The molecule has 1 rings (SSSR count). The van der Waals surface area contributed by atoms with E-state index in [-0.39, 0.29) is 5.91 Å². The van der Waals surface area contributed by atoms with Gasteiger partial charge in [-0.3, -0.25) is 4.79 Å². The van der Waals surface area contributed by atoms with Gasteiger partial charge in [0.05, 0.1) is 6.04 Å². The molecule has 4 heteroatoms. The van der Waals surface area contributed by atoms with Gasteiger partial charge in [-0.15, -0.1) is 6.58 Å². The molecule has 0 bridgehead atoms. The van der Waals surface area contributed by atoms with E-state index in [1.165, 1.54) is 0 Å². The summed E-state index contributed by atoms with van der Waals surface area (Å²) in [6, 6.07) is 4.85. The molecule has 0 aliphatic heterocycles. The van der Waals surface area contributed by atoms with Crippen LogP contribution in [0.15, 0.2) is 30.9 Å². The minimum atomic E-state index is -0.565. The Morgan fingerprint density at radius 3 is 3.07 bits per heavy atom. The fourth-order valence-corrected chi connectivity index (χ4v) is 1.12. The minimum absolute atomic E-state index is 0.243. The number of pyridine rings is 1. The number of anilines is 1. The molecule has 15 heavy (non-hydrogen) atoms. The number of nitrogens with zero attached hydrogens (tertiary/aromatic N) is 1. The fourth-order valence-electron chi connectivity index (χ4n) is 1.12. The molecule has 1 heterocycles. The lowest BCUT2D eigenvalue weighted by atomic mass is 10.2. The molecule has 0 aromatic carbocycles. The van der Waals surface area contributed by atoms with E-state index in [9.17, 15) is 4.79 Å². The highest BCUT2D eigenvalue weighted by molar-refractivity contribution is 5.93. The van der Waals surface area contributed by atoms with Gasteiger partial charge in [0.15, 0.2) is 0 Å². The fraction of sp³-hybridized carbons (Fsp3) is 0.273. The van der Waals surface area contributed by atoms with E-state index in [0.717, 1.165) is 5.69 Å². The summed E-state index contributed by atoms with van der Waals surface area (Å²) < 4.78 is 0. The van der Waals surface area contributed by atoms with E-state index in [1.54, 1.807) is 12.1 Å². The summed E-state index contributed by atoms with van der Waals surface area (Å²) in [6.45, 7) is 5.39. The smallest absolute Gasteiger partial charge is 0.242 e. The normalized spacial score (nSPS) is 11.9. The van der Waals surface area contributed by atoms with Gasteiger partial charge in [0.2, 0.25) is 5.91 Å². The second kappa shape index (κ2) is 5.26. The highest BCUT2D eigenvalue weighted by atomic mass is 16.2. The second-order valence-electron chi connectivity index (χ2n) is 3.28. The van der Waals surface area contributed by atoms with Crippen molar-refractivity contribution in [3.63, 3.8) is 0 Å². The molecule has 1 aromatic heterocycles. The third-order valence-electron chi connectivity index (χ3n) is 1.90. The van der Waals surface area contributed by atoms with Crippen molar-refractivity contribution in [3.8, 4) is 0 Å². The zero-order chi connectivity index (χ0) is 11.3. The van der Waals surface area contributed by atoms with Crippen molar-refractivity contribution in [1.29, 1.82) is 0 Å². The van der Waals surface area contributed by atoms with Crippen molar-refractivity contribution in [2.45, 2.75) is 19.4 Å². The van der Waals surface area contributed by atoms with E-state index in [4.69, 9.17) is 5.73 Å². The number of amides is 1. The van der Waals surface area contributed by atoms with Crippen LogP contribution in [-0.2, 0) is 4.79 Å². The Morgan fingerprint density at radius 1 is 1.73 bits per heavy atom. The van der Waals surface area contributed by atoms with E-state index in [1.807, 2.05) is 19.1 Å². The molecule has 0 saturated carbocycles. The Hall–Kier alpha value is -1.68. The summed E-state index contributed by atoms with van der Waals surface area (Å²) in [5, 5.41) is 2.64. The van der Waals surface area contributed by atoms with Crippen LogP contribution in [0.3, 0.4) is 0 Å². The van der Waals surface area contributed by atoms with Gasteiger partial charge in [0, 0.05) is 5.69 Å². The molecule has 0 spiro atoms. The van der Waals surface area contributed by atoms with Crippen LogP contribution in [0.1, 0.15) is 12.1 Å². The van der Waals surface area contributed by atoms with Gasteiger partial charge < -0.3 is 11.1 Å². The molecule has 0 radical (unpaired) electrons. The summed E-state index contributed by atoms with van der Waals surface area (Å²) in [5.41, 5.74) is 6.45. The van der Waals surface area contributed by atoms with Crippen LogP contribution in [0.4, 0.5) is 5.82 Å². The first-order valence-corrected chi connectivity index (χ1v) is 4.74. The van der Waals surface area contributed by atoms with E-state index < -0.39 is 6.04 Å². The van der Waals surface area contributed by atoms with Gasteiger partial charge in [-0.2, -0.15) is 0 Å². The Bertz CT molecular complexity index is 363. The monoisotopic (exact) mass is 205 g/mol. The molecule has 1 unspecified atom stereocenters. The first-order valence-electron chi connectivity index (χ1n) is 4.74. The number of carbonyl (C=O) groups is 1. The van der Waals surface area contributed by atoms with Crippen molar-refractivity contribution >= 4 is 11.7 Å². The first kappa shape index (κ1) is 11.4. The molecular weight excluding hydrogens is 190 g/mol. The molecule has 1 atom stereocenters. The number of carbonyl (C=O) groups excluding carboxylic acids is 1. The van der Waals surface area contributed by atoms with Crippen molar-refractivity contribution in [2.75, 3.05) is 5.32 Å². The van der Waals surface area contributed by atoms with Crippen molar-refractivity contribution in [2.24, 2.45) is 5.73 Å². The van der Waals surface area contributed by atoms with Crippen LogP contribution in [-0.4, -0.2) is 16.9 Å². The van der Waals surface area contributed by atoms with Crippen LogP contribution in [0.25, 0.3) is 0 Å². The molecule has 3 N–H and O–H groups in total. The zero-order valence-corrected chi connectivity index (χ0v) is 8.73. The highest BCUT2D eigenvalue weighted by Gasteiger charge is 2.11. The SMILES string of the molecule is C=CCC(N)C(=O)Nc1cccc(C)n1. The number of nitrogens with two attached hydrogens (primary N) is 1. The highest BCUT2D eigenvalue weighted by Crippen LogP contribution is 2.04. The third kappa shape index (κ3) is 3.52. The molecule has 0 aliphatic rings. The molecule has 0 saturated heterocycles. The number of hydrogen-bond acceptors (Lipinski definition) is 3. The molecule has 1 aromatic rings. The van der Waals surface area contributed by atoms with Crippen molar-refractivity contribution < 1.29 is 4.79 Å². The van der Waals surface area contributed by atoms with Crippen molar-refractivity contribution in [1.82, 2.24) is 4.98 Å². The number of rotatable bonds is 4. The van der Waals surface area contributed by atoms with Gasteiger partial charge in [-0.1, -0.05) is 12.1 Å². The predicted molar refractivity (Wildman–Crippen MR) is 60.4 cm³/mol. The summed E-state index contributed by atoms with van der Waals surface area (Å²) in [6.07, 6.45) is 2.07. The maximum absolute atomic E-state index is 11.5. The second-order valence-corrected chi connectivity index (χ2v) is 3.28. The summed E-state index contributed by atoms with van der Waals surface area (Å²) in [7, 11) is 0. The van der Waals surface area contributed by atoms with E-state index in [0.29, 0.717) is 12.2 Å². The maximum Gasteiger partial charge on any atom is 0.242 e. The quantitative estimate of drug-likeness (QED) is 0.726. The Kier molecular flexibility index (Phi) is 4.00. The topological polar surface area (TPSA) is 68.0 Å². The van der Waals surface area contributed by atoms with Crippen LogP contribution in [0, 0.1) is 6.92 Å². The lowest BCUT2D eigenvalue weighted by Crippen LogP contribution is -2.35. The summed E-state index contributed by atoms with van der Waals surface area (Å²) >= 11 is 0. The van der Waals surface area contributed by atoms with Crippen LogP contribution in [0.5, 0.6) is 0 Å². The summed E-state index contributed by atoms with van der Waals surface area (Å²) in [5.74, 6) is 0.285. The van der Waals surface area contributed by atoms with Gasteiger partial charge in [-0.25, -0.2) is 4.98 Å². The first-order chi connectivity index (χ1) is 7.13. The van der Waals surface area contributed by atoms with Gasteiger partial charge >= 0.3 is 0 Å². The van der Waals surface area contributed by atoms with Gasteiger partial charge in [0.1, 0.15) is 5.82 Å². The van der Waals surface area contributed by atoms with Crippen LogP contribution < -0.4 is 11.1 Å². The third-order valence-corrected chi connectivity index (χ3v) is 1.90. The van der Waals surface area contributed by atoms with E-state index >= 15 is 0 Å². The van der Waals surface area contributed by atoms with Crippen LogP contribution in [0.2, 0.25) is 0 Å². The number of aryl methyl sites for hydroxylation is 1. The lowest BCUT2D eigenvalue weighted by Gasteiger charge is -2.09. The zero-order valence-electron chi connectivity index (χ0n) is 8.73. The maximum atomic E-state index is 11.5. The molecule has 4 nitrogen and oxygen atoms in total. The Balaban J connectivity index is 2.62. The van der Waals surface area contributed by atoms with Gasteiger partial charge in [-0.05, 0) is 25.5 Å². The Morgan fingerprint density at radius 2 is 2.47 bits per heavy atom. The predicted octanol–water partition coefficient (Wildman–Crippen LogP) is 1.23. The average Bonchev–Trinajstić information content (AvgIpc) is 2.18. The van der Waals surface area contributed by atoms with Crippen molar-refractivity contribution in [3.05, 3.63) is 36.5 Å². The number of nitrogens with one attached hydrogen (secondary N) is 1. The molecule has 0 fully saturated rings. The molecular formula is C11H15N3O. The molecule has 1 amide bonds. The molecule has 80 valence electrons. The van der Waals surface area contributed by atoms with E-state index in [2.05, 4.69) is 16.9 Å². The Labute approximate surface area is 89.2 Å². The minimum Gasteiger partial charge on any atom is -0.320 e. The standard InChI is InChI=1S/C11H15N3O/c1-3-5-9(12)11(15)14-10-7-4-6-8(2)13-10/h3-4,6-7,9H,1,5,12H2,2H3,(H,13,14,15). The van der Waals surface area contributed by atoms with Crippen LogP contribution >= 0.6 is 0 Å². The largest absolute Gasteiger partial charge is 0.320 e. The average molecular weight is 205 g/mol. The molecule has 0 aliphatic carbocycles. The number of aromatic nitrogens is 1. The van der Waals surface area contributed by atoms with Gasteiger partial charge in [0.25, 0.3) is 0 Å². The lowest BCUT2D eigenvalue weighted by molar-refractivity contribution is -0.117. The summed E-state index contributed by atoms with van der Waals surface area (Å²) in [4.78, 5) is 15.6. The number of hydrogen-bond donors (Lipinski definition) is 2.